The molecule has 0 saturated carbocycles. The molecule has 10 heteroatoms. The Morgan fingerprint density at radius 1 is 1.33 bits per heavy atom. The molecule has 0 fully saturated rings. The van der Waals surface area contributed by atoms with Gasteiger partial charge in [-0.05, 0) is 19.1 Å². The first kappa shape index (κ1) is 18.3. The van der Waals surface area contributed by atoms with Gasteiger partial charge in [-0.15, -0.1) is 0 Å². The van der Waals surface area contributed by atoms with Gasteiger partial charge in [0.2, 0.25) is 0 Å². The number of carboxylic acids is 1. The van der Waals surface area contributed by atoms with E-state index in [0.717, 1.165) is 0 Å². The Morgan fingerprint density at radius 3 is 2.70 bits per heavy atom. The molecule has 1 aliphatic heterocycles. The van der Waals surface area contributed by atoms with E-state index in [2.05, 4.69) is 4.98 Å². The smallest absolute Gasteiger partial charge is 0.356 e. The number of nitrogens with zero attached hydrogens (tertiary/aromatic N) is 3. The summed E-state index contributed by atoms with van der Waals surface area (Å²) in [7, 11) is 1.51. The Labute approximate surface area is 154 Å². The van der Waals surface area contributed by atoms with Crippen LogP contribution in [0.1, 0.15) is 23.1 Å². The van der Waals surface area contributed by atoms with E-state index in [9.17, 15) is 14.7 Å². The second kappa shape index (κ2) is 7.00. The molecule has 2 heterocycles. The highest BCUT2D eigenvalue weighted by atomic mass is 16.5. The van der Waals surface area contributed by atoms with Gasteiger partial charge >= 0.3 is 11.9 Å². The van der Waals surface area contributed by atoms with Gasteiger partial charge in [0, 0.05) is 12.5 Å². The highest BCUT2D eigenvalue weighted by Gasteiger charge is 2.30. The van der Waals surface area contributed by atoms with Crippen LogP contribution in [0.2, 0.25) is 0 Å². The number of carbonyl (C=O) groups is 2. The lowest BCUT2D eigenvalue weighted by Crippen LogP contribution is -2.35. The molecule has 1 aromatic heterocycles. The number of hydrogen-bond acceptors (Lipinski definition) is 8. The molecule has 0 radical (unpaired) electrons. The molecule has 0 spiro atoms. The van der Waals surface area contributed by atoms with Crippen molar-refractivity contribution in [3.63, 3.8) is 0 Å². The average molecular weight is 373 g/mol. The third kappa shape index (κ3) is 3.06. The van der Waals surface area contributed by atoms with E-state index in [0.29, 0.717) is 22.8 Å². The third-order valence-electron chi connectivity index (χ3n) is 4.20. The number of esters is 1. The quantitative estimate of drug-likeness (QED) is 0.397. The van der Waals surface area contributed by atoms with Gasteiger partial charge in [-0.2, -0.15) is 0 Å². The second-order valence-corrected chi connectivity index (χ2v) is 5.70. The molecule has 2 aromatic rings. The number of carbonyl (C=O) groups excluding carboxylic acids is 1. The fourth-order valence-corrected chi connectivity index (χ4v) is 2.90. The van der Waals surface area contributed by atoms with Crippen LogP contribution in [0.4, 0.5) is 5.69 Å². The third-order valence-corrected chi connectivity index (χ3v) is 4.20. The molecular weight excluding hydrogens is 354 g/mol. The van der Waals surface area contributed by atoms with Crippen molar-refractivity contribution in [2.45, 2.75) is 13.3 Å². The molecule has 142 valence electrons. The average Bonchev–Trinajstić information content (AvgIpc) is 3.03. The van der Waals surface area contributed by atoms with Crippen molar-refractivity contribution in [3.05, 3.63) is 47.3 Å². The lowest BCUT2D eigenvalue weighted by Gasteiger charge is -2.23. The number of nitrogens with two attached hydrogens (primary N) is 2. The number of hydrazine groups is 1. The minimum Gasteiger partial charge on any atom is -0.497 e. The first-order chi connectivity index (χ1) is 12.9. The monoisotopic (exact) mass is 373 g/mol. The maximum atomic E-state index is 12.2. The number of benzene rings is 1. The molecule has 0 atom stereocenters. The van der Waals surface area contributed by atoms with Crippen LogP contribution < -0.4 is 21.3 Å². The molecule has 1 aromatic carbocycles. The molecular formula is C17H19N5O5. The van der Waals surface area contributed by atoms with Gasteiger partial charge in [0.05, 0.1) is 36.5 Å². The van der Waals surface area contributed by atoms with E-state index in [1.807, 2.05) is 0 Å². The van der Waals surface area contributed by atoms with Crippen molar-refractivity contribution < 1.29 is 24.2 Å². The summed E-state index contributed by atoms with van der Waals surface area (Å²) >= 11 is 0. The van der Waals surface area contributed by atoms with E-state index in [-0.39, 0.29) is 30.1 Å². The number of anilines is 1. The van der Waals surface area contributed by atoms with Gasteiger partial charge in [0.25, 0.3) is 0 Å². The van der Waals surface area contributed by atoms with E-state index in [1.165, 1.54) is 18.4 Å². The van der Waals surface area contributed by atoms with Crippen molar-refractivity contribution in [1.82, 2.24) is 9.55 Å². The van der Waals surface area contributed by atoms with Crippen molar-refractivity contribution in [1.29, 1.82) is 0 Å². The molecule has 0 bridgehead atoms. The lowest BCUT2D eigenvalue weighted by molar-refractivity contribution is -0.138. The van der Waals surface area contributed by atoms with E-state index >= 15 is 0 Å². The summed E-state index contributed by atoms with van der Waals surface area (Å²) in [5.74, 6) is 4.86. The number of fused-ring (bicyclic) bond motifs is 3. The van der Waals surface area contributed by atoms with Crippen LogP contribution in [-0.4, -0.2) is 40.3 Å². The number of imidazole rings is 1. The number of ether oxygens (including phenoxy) is 2. The zero-order chi connectivity index (χ0) is 19.7. The Balaban J connectivity index is 2.28. The van der Waals surface area contributed by atoms with Crippen molar-refractivity contribution in [3.8, 4) is 11.4 Å². The van der Waals surface area contributed by atoms with Crippen LogP contribution in [-0.2, 0) is 16.0 Å². The van der Waals surface area contributed by atoms with Crippen molar-refractivity contribution >= 4 is 17.6 Å². The number of allylic oxidation sites excluding steroid dienone is 1. The summed E-state index contributed by atoms with van der Waals surface area (Å²) in [6, 6.07) is 5.08. The standard InChI is InChI=1S/C17H19N5O5/c1-3-27-17(25)14(18)12-7-13-15(16(23)24)20-8-21(13)10-5-4-9(26-2)6-11(10)22(12)19/h4-6,8H,3,7,18-19H2,1-2H3,(H,23,24)/b14-12-. The van der Waals surface area contributed by atoms with Gasteiger partial charge in [-0.25, -0.2) is 20.4 Å². The van der Waals surface area contributed by atoms with Crippen LogP contribution >= 0.6 is 0 Å². The Kier molecular flexibility index (Phi) is 4.74. The zero-order valence-corrected chi connectivity index (χ0v) is 14.8. The number of rotatable bonds is 4. The fraction of sp³-hybridized carbons (Fsp3) is 0.235. The first-order valence-electron chi connectivity index (χ1n) is 8.07. The first-order valence-corrected chi connectivity index (χ1v) is 8.07. The Bertz CT molecular complexity index is 949. The van der Waals surface area contributed by atoms with Crippen LogP contribution in [0.3, 0.4) is 0 Å². The molecule has 10 nitrogen and oxygen atoms in total. The van der Waals surface area contributed by atoms with Crippen LogP contribution in [0.5, 0.6) is 5.75 Å². The molecule has 0 amide bonds. The van der Waals surface area contributed by atoms with E-state index in [4.69, 9.17) is 21.1 Å². The van der Waals surface area contributed by atoms with Gasteiger partial charge in [0.1, 0.15) is 17.8 Å². The number of aromatic carboxylic acids is 1. The number of aromatic nitrogens is 2. The normalized spacial score (nSPS) is 14.7. The number of hydrogen-bond donors (Lipinski definition) is 3. The summed E-state index contributed by atoms with van der Waals surface area (Å²) in [6.07, 6.45) is 1.36. The van der Waals surface area contributed by atoms with E-state index in [1.54, 1.807) is 29.7 Å². The highest BCUT2D eigenvalue weighted by molar-refractivity contribution is 5.91. The minimum absolute atomic E-state index is 0.0280. The summed E-state index contributed by atoms with van der Waals surface area (Å²) in [6.45, 7) is 1.79. The predicted molar refractivity (Wildman–Crippen MR) is 95.3 cm³/mol. The predicted octanol–water partition coefficient (Wildman–Crippen LogP) is 0.549. The maximum Gasteiger partial charge on any atom is 0.356 e. The number of methoxy groups -OCH3 is 1. The van der Waals surface area contributed by atoms with Crippen molar-refractivity contribution in [2.75, 3.05) is 18.7 Å². The summed E-state index contributed by atoms with van der Waals surface area (Å²) in [4.78, 5) is 27.7. The summed E-state index contributed by atoms with van der Waals surface area (Å²) < 4.78 is 11.8. The van der Waals surface area contributed by atoms with Gasteiger partial charge in [-0.1, -0.05) is 0 Å². The SMILES string of the molecule is CCOC(=O)/C(N)=C1\Cc2c(C(=O)O)ncn2-c2ccc(OC)cc2N1N. The molecule has 3 rings (SSSR count). The maximum absolute atomic E-state index is 12.2. The summed E-state index contributed by atoms with van der Waals surface area (Å²) in [5.41, 5.74) is 7.20. The molecule has 0 saturated heterocycles. The van der Waals surface area contributed by atoms with Crippen LogP contribution in [0.25, 0.3) is 5.69 Å². The van der Waals surface area contributed by atoms with Crippen LogP contribution in [0.15, 0.2) is 35.9 Å². The fourth-order valence-electron chi connectivity index (χ4n) is 2.90. The number of carboxylic acid groups (broad SMARTS) is 1. The topological polar surface area (TPSA) is 146 Å². The summed E-state index contributed by atoms with van der Waals surface area (Å²) in [5, 5.41) is 10.7. The van der Waals surface area contributed by atoms with Gasteiger partial charge in [-0.3, -0.25) is 9.58 Å². The van der Waals surface area contributed by atoms with Crippen molar-refractivity contribution in [2.24, 2.45) is 11.6 Å². The minimum atomic E-state index is -1.20. The van der Waals surface area contributed by atoms with Crippen LogP contribution in [0, 0.1) is 0 Å². The van der Waals surface area contributed by atoms with Gasteiger partial charge in [0.15, 0.2) is 5.69 Å². The molecule has 0 unspecified atom stereocenters. The zero-order valence-electron chi connectivity index (χ0n) is 14.8. The molecule has 27 heavy (non-hydrogen) atoms. The molecule has 0 aliphatic carbocycles. The van der Waals surface area contributed by atoms with Gasteiger partial charge < -0.3 is 20.3 Å². The second-order valence-electron chi connectivity index (χ2n) is 5.70. The molecule has 1 aliphatic rings. The Morgan fingerprint density at radius 2 is 2.07 bits per heavy atom. The largest absolute Gasteiger partial charge is 0.497 e. The van der Waals surface area contributed by atoms with E-state index < -0.39 is 11.9 Å². The molecule has 5 N–H and O–H groups in total. The highest BCUT2D eigenvalue weighted by Crippen LogP contribution is 2.35. The Hall–Kier alpha value is -3.53. The lowest BCUT2D eigenvalue weighted by atomic mass is 10.1.